The van der Waals surface area contributed by atoms with Gasteiger partial charge in [0.25, 0.3) is 5.91 Å². The minimum absolute atomic E-state index is 0.123. The largest absolute Gasteiger partial charge is 0.352 e. The van der Waals surface area contributed by atoms with E-state index in [1.807, 2.05) is 30.3 Å². The van der Waals surface area contributed by atoms with Gasteiger partial charge in [0, 0.05) is 42.3 Å². The standard InChI is InChI=1S/C20H17N5O/c26-20(17-7-9-22-18(13-17)25-12-11-21-14-25)24-10-6-16-4-1-3-15-5-2-8-23-19(15)16/h1-5,7-9,11-14H,6,10H2,(H,24,26). The molecule has 1 amide bonds. The van der Waals surface area contributed by atoms with E-state index in [4.69, 9.17) is 0 Å². The summed E-state index contributed by atoms with van der Waals surface area (Å²) in [5.41, 5.74) is 2.67. The van der Waals surface area contributed by atoms with Crippen molar-refractivity contribution in [1.82, 2.24) is 24.8 Å². The first-order chi connectivity index (χ1) is 12.8. The van der Waals surface area contributed by atoms with Crippen molar-refractivity contribution < 1.29 is 4.79 Å². The number of imidazole rings is 1. The Morgan fingerprint density at radius 1 is 1.04 bits per heavy atom. The molecular weight excluding hydrogens is 326 g/mol. The third-order valence-corrected chi connectivity index (χ3v) is 4.17. The van der Waals surface area contributed by atoms with Gasteiger partial charge in [-0.1, -0.05) is 24.3 Å². The van der Waals surface area contributed by atoms with Crippen molar-refractivity contribution in [2.45, 2.75) is 6.42 Å². The molecule has 6 nitrogen and oxygen atoms in total. The molecule has 3 heterocycles. The van der Waals surface area contributed by atoms with Crippen molar-refractivity contribution in [3.8, 4) is 5.82 Å². The number of carbonyl (C=O) groups is 1. The average Bonchev–Trinajstić information content (AvgIpc) is 3.23. The van der Waals surface area contributed by atoms with Gasteiger partial charge in [-0.05, 0) is 30.2 Å². The fourth-order valence-corrected chi connectivity index (χ4v) is 2.88. The predicted octanol–water partition coefficient (Wildman–Crippen LogP) is 2.79. The third-order valence-electron chi connectivity index (χ3n) is 4.17. The molecule has 26 heavy (non-hydrogen) atoms. The van der Waals surface area contributed by atoms with Gasteiger partial charge >= 0.3 is 0 Å². The molecule has 1 N–H and O–H groups in total. The van der Waals surface area contributed by atoms with E-state index in [-0.39, 0.29) is 5.91 Å². The van der Waals surface area contributed by atoms with Crippen LogP contribution in [0, 0.1) is 0 Å². The number of para-hydroxylation sites is 1. The van der Waals surface area contributed by atoms with Crippen LogP contribution in [0.3, 0.4) is 0 Å². The number of amides is 1. The second kappa shape index (κ2) is 7.14. The molecule has 0 atom stereocenters. The Kier molecular flexibility index (Phi) is 4.38. The van der Waals surface area contributed by atoms with Gasteiger partial charge in [0.05, 0.1) is 5.52 Å². The normalized spacial score (nSPS) is 10.8. The first-order valence-electron chi connectivity index (χ1n) is 8.36. The zero-order chi connectivity index (χ0) is 17.8. The van der Waals surface area contributed by atoms with E-state index < -0.39 is 0 Å². The molecule has 0 spiro atoms. The number of carbonyl (C=O) groups excluding carboxylic acids is 1. The highest BCUT2D eigenvalue weighted by Gasteiger charge is 2.08. The van der Waals surface area contributed by atoms with Crippen LogP contribution in [0.15, 0.2) is 73.6 Å². The lowest BCUT2D eigenvalue weighted by molar-refractivity contribution is 0.0954. The zero-order valence-electron chi connectivity index (χ0n) is 14.0. The summed E-state index contributed by atoms with van der Waals surface area (Å²) in [5, 5.41) is 4.07. The van der Waals surface area contributed by atoms with Crippen molar-refractivity contribution in [3.63, 3.8) is 0 Å². The number of pyridine rings is 2. The summed E-state index contributed by atoms with van der Waals surface area (Å²) < 4.78 is 1.76. The van der Waals surface area contributed by atoms with E-state index in [1.165, 1.54) is 0 Å². The van der Waals surface area contributed by atoms with Gasteiger partial charge in [-0.15, -0.1) is 0 Å². The van der Waals surface area contributed by atoms with Crippen LogP contribution in [0.1, 0.15) is 15.9 Å². The van der Waals surface area contributed by atoms with Gasteiger partial charge < -0.3 is 5.32 Å². The van der Waals surface area contributed by atoms with Gasteiger partial charge in [0.1, 0.15) is 12.1 Å². The summed E-state index contributed by atoms with van der Waals surface area (Å²) >= 11 is 0. The second-order valence-corrected chi connectivity index (χ2v) is 5.87. The molecule has 128 valence electrons. The van der Waals surface area contributed by atoms with Crippen LogP contribution in [0.25, 0.3) is 16.7 Å². The fraction of sp³-hybridized carbons (Fsp3) is 0.100. The molecule has 6 heteroatoms. The van der Waals surface area contributed by atoms with Crippen molar-refractivity contribution >= 4 is 16.8 Å². The smallest absolute Gasteiger partial charge is 0.251 e. The summed E-state index contributed by atoms with van der Waals surface area (Å²) in [7, 11) is 0. The van der Waals surface area contributed by atoms with Crippen molar-refractivity contribution in [3.05, 3.63) is 84.7 Å². The first-order valence-corrected chi connectivity index (χ1v) is 8.36. The molecule has 0 saturated carbocycles. The van der Waals surface area contributed by atoms with Gasteiger partial charge in [0.2, 0.25) is 0 Å². The lowest BCUT2D eigenvalue weighted by atomic mass is 10.1. The Balaban J connectivity index is 1.43. The molecule has 0 radical (unpaired) electrons. The van der Waals surface area contributed by atoms with Gasteiger partial charge in [-0.25, -0.2) is 9.97 Å². The van der Waals surface area contributed by atoms with Crippen LogP contribution in [0.4, 0.5) is 0 Å². The molecule has 1 aromatic carbocycles. The van der Waals surface area contributed by atoms with Crippen molar-refractivity contribution in [2.24, 2.45) is 0 Å². The van der Waals surface area contributed by atoms with Crippen LogP contribution in [-0.2, 0) is 6.42 Å². The average molecular weight is 343 g/mol. The minimum Gasteiger partial charge on any atom is -0.352 e. The highest BCUT2D eigenvalue weighted by Crippen LogP contribution is 2.16. The highest BCUT2D eigenvalue weighted by molar-refractivity contribution is 5.94. The molecule has 3 aromatic heterocycles. The monoisotopic (exact) mass is 343 g/mol. The molecule has 0 aliphatic heterocycles. The summed E-state index contributed by atoms with van der Waals surface area (Å²) in [4.78, 5) is 25.1. The van der Waals surface area contributed by atoms with Crippen LogP contribution in [0.2, 0.25) is 0 Å². The zero-order valence-corrected chi connectivity index (χ0v) is 14.0. The number of rotatable bonds is 5. The van der Waals surface area contributed by atoms with Crippen molar-refractivity contribution in [2.75, 3.05) is 6.54 Å². The number of benzene rings is 1. The highest BCUT2D eigenvalue weighted by atomic mass is 16.1. The van der Waals surface area contributed by atoms with Crippen molar-refractivity contribution in [1.29, 1.82) is 0 Å². The number of nitrogens with zero attached hydrogens (tertiary/aromatic N) is 4. The summed E-state index contributed by atoms with van der Waals surface area (Å²) in [6.45, 7) is 0.539. The maximum Gasteiger partial charge on any atom is 0.251 e. The molecule has 0 saturated heterocycles. The lowest BCUT2D eigenvalue weighted by Gasteiger charge is -2.08. The maximum absolute atomic E-state index is 12.4. The number of fused-ring (bicyclic) bond motifs is 1. The first kappa shape index (κ1) is 16.0. The van der Waals surface area contributed by atoms with Crippen LogP contribution in [-0.4, -0.2) is 32.0 Å². The number of hydrogen-bond acceptors (Lipinski definition) is 4. The Morgan fingerprint density at radius 2 is 1.96 bits per heavy atom. The lowest BCUT2D eigenvalue weighted by Crippen LogP contribution is -2.26. The quantitative estimate of drug-likeness (QED) is 0.605. The molecule has 0 bridgehead atoms. The van der Waals surface area contributed by atoms with E-state index in [2.05, 4.69) is 20.3 Å². The van der Waals surface area contributed by atoms with Gasteiger partial charge in [0.15, 0.2) is 0 Å². The summed E-state index contributed by atoms with van der Waals surface area (Å²) in [6.07, 6.45) is 9.25. The molecule has 4 aromatic rings. The Hall–Kier alpha value is -3.54. The molecular formula is C20H17N5O. The number of nitrogens with one attached hydrogen (secondary N) is 1. The SMILES string of the molecule is O=C(NCCc1cccc2cccnc12)c1ccnc(-n2ccnc2)c1. The van der Waals surface area contributed by atoms with E-state index >= 15 is 0 Å². The molecule has 0 unspecified atom stereocenters. The number of aromatic nitrogens is 4. The van der Waals surface area contributed by atoms with E-state index in [0.29, 0.717) is 17.9 Å². The molecule has 4 rings (SSSR count). The minimum atomic E-state index is -0.123. The summed E-state index contributed by atoms with van der Waals surface area (Å²) in [6, 6.07) is 13.5. The van der Waals surface area contributed by atoms with E-state index in [9.17, 15) is 4.79 Å². The second-order valence-electron chi connectivity index (χ2n) is 5.87. The molecule has 0 fully saturated rings. The van der Waals surface area contributed by atoms with Crippen LogP contribution in [0.5, 0.6) is 0 Å². The molecule has 0 aliphatic rings. The Labute approximate surface area is 150 Å². The van der Waals surface area contributed by atoms with E-state index in [0.717, 1.165) is 22.9 Å². The van der Waals surface area contributed by atoms with Crippen LogP contribution >= 0.6 is 0 Å². The predicted molar refractivity (Wildman–Crippen MR) is 99.1 cm³/mol. The Morgan fingerprint density at radius 3 is 2.85 bits per heavy atom. The van der Waals surface area contributed by atoms with Gasteiger partial charge in [-0.2, -0.15) is 0 Å². The molecule has 0 aliphatic carbocycles. The third kappa shape index (κ3) is 3.30. The van der Waals surface area contributed by atoms with Gasteiger partial charge in [-0.3, -0.25) is 14.3 Å². The fourth-order valence-electron chi connectivity index (χ4n) is 2.88. The Bertz CT molecular complexity index is 1040. The summed E-state index contributed by atoms with van der Waals surface area (Å²) in [5.74, 6) is 0.537. The number of hydrogen-bond donors (Lipinski definition) is 1. The topological polar surface area (TPSA) is 72.7 Å². The van der Waals surface area contributed by atoms with Crippen LogP contribution < -0.4 is 5.32 Å². The maximum atomic E-state index is 12.4. The van der Waals surface area contributed by atoms with E-state index in [1.54, 1.807) is 47.8 Å².